The summed E-state index contributed by atoms with van der Waals surface area (Å²) in [6.07, 6.45) is 0. The Morgan fingerprint density at radius 2 is 1.97 bits per heavy atom. The molecule has 0 bridgehead atoms. The highest BCUT2D eigenvalue weighted by Crippen LogP contribution is 2.28. The fraction of sp³-hybridized carbons (Fsp3) is 0.105. The Hall–Kier alpha value is -2.88. The molecule has 2 aromatic heterocycles. The van der Waals surface area contributed by atoms with Crippen LogP contribution in [-0.2, 0) is 0 Å². The van der Waals surface area contributed by atoms with Crippen molar-refractivity contribution in [2.24, 2.45) is 0 Å². The summed E-state index contributed by atoms with van der Waals surface area (Å²) in [5.41, 5.74) is 3.08. The summed E-state index contributed by atoms with van der Waals surface area (Å²) in [6, 6.07) is 12.6. The fourth-order valence-corrected chi connectivity index (χ4v) is 4.04. The van der Waals surface area contributed by atoms with Crippen molar-refractivity contribution in [2.75, 3.05) is 5.32 Å². The second-order valence-corrected chi connectivity index (χ2v) is 8.04. The number of nitrogens with one attached hydrogen (secondary N) is 2. The van der Waals surface area contributed by atoms with Gasteiger partial charge in [-0.15, -0.1) is 10.2 Å². The third-order valence-electron chi connectivity index (χ3n) is 4.21. The number of benzene rings is 2. The van der Waals surface area contributed by atoms with E-state index in [9.17, 15) is 4.79 Å². The highest BCUT2D eigenvalue weighted by Gasteiger charge is 2.14. The molecule has 0 fully saturated rings. The molecule has 0 saturated carbocycles. The van der Waals surface area contributed by atoms with E-state index in [4.69, 9.17) is 23.8 Å². The van der Waals surface area contributed by atoms with E-state index in [0.717, 1.165) is 32.6 Å². The molecule has 2 heterocycles. The summed E-state index contributed by atoms with van der Waals surface area (Å²) in [5.74, 6) is 0.384. The number of hydrogen-bond acceptors (Lipinski definition) is 6. The molecular weight excluding hydrogens is 428 g/mol. The number of fused-ring (bicyclic) bond motifs is 1. The number of carbonyl (C=O) groups excluding carboxylic acids is 1. The first-order valence-corrected chi connectivity index (χ1v) is 10.2. The minimum atomic E-state index is -0.363. The van der Waals surface area contributed by atoms with Crippen LogP contribution >= 0.6 is 35.2 Å². The summed E-state index contributed by atoms with van der Waals surface area (Å²) in [5, 5.41) is 19.8. The first kappa shape index (κ1) is 19.4. The van der Waals surface area contributed by atoms with Crippen LogP contribution in [0.25, 0.3) is 15.5 Å². The predicted molar refractivity (Wildman–Crippen MR) is 119 cm³/mol. The number of aromatic nitrogens is 4. The Morgan fingerprint density at radius 3 is 2.69 bits per heavy atom. The van der Waals surface area contributed by atoms with E-state index in [1.54, 1.807) is 28.8 Å². The summed E-state index contributed by atoms with van der Waals surface area (Å²) < 4.78 is 1.72. The lowest BCUT2D eigenvalue weighted by molar-refractivity contribution is 0.0978. The van der Waals surface area contributed by atoms with E-state index in [2.05, 4.69) is 25.9 Å². The quantitative estimate of drug-likeness (QED) is 0.461. The second kappa shape index (κ2) is 7.86. The molecule has 2 N–H and O–H groups in total. The van der Waals surface area contributed by atoms with Gasteiger partial charge in [0.05, 0.1) is 10.6 Å². The standard InChI is InChI=1S/C19H15ClN6OS2/c1-10-9-12(17-25-26-11(2)23-24-19(26)29-17)7-8-15(10)21-18(28)22-16(27)13-5-3-4-6-14(13)20/h3-9H,1-2H3,(H2,21,22,27,28). The Morgan fingerprint density at radius 1 is 1.17 bits per heavy atom. The minimum Gasteiger partial charge on any atom is -0.332 e. The third kappa shape index (κ3) is 3.98. The van der Waals surface area contributed by atoms with Crippen molar-refractivity contribution in [3.8, 4) is 10.6 Å². The van der Waals surface area contributed by atoms with Gasteiger partial charge in [-0.25, -0.2) is 0 Å². The van der Waals surface area contributed by atoms with Gasteiger partial charge in [-0.05, 0) is 62.0 Å². The van der Waals surface area contributed by atoms with Crippen molar-refractivity contribution in [2.45, 2.75) is 13.8 Å². The van der Waals surface area contributed by atoms with Crippen LogP contribution in [0.1, 0.15) is 21.7 Å². The number of halogens is 1. The average Bonchev–Trinajstić information content (AvgIpc) is 3.26. The number of amides is 1. The van der Waals surface area contributed by atoms with E-state index in [1.165, 1.54) is 11.3 Å². The van der Waals surface area contributed by atoms with E-state index in [1.807, 2.05) is 32.0 Å². The molecular formula is C19H15ClN6OS2. The molecule has 0 unspecified atom stereocenters. The number of nitrogens with zero attached hydrogens (tertiary/aromatic N) is 4. The Balaban J connectivity index is 1.48. The number of hydrogen-bond donors (Lipinski definition) is 2. The van der Waals surface area contributed by atoms with Gasteiger partial charge in [0.15, 0.2) is 10.9 Å². The number of anilines is 1. The van der Waals surface area contributed by atoms with Crippen LogP contribution in [0, 0.1) is 13.8 Å². The van der Waals surface area contributed by atoms with Gasteiger partial charge in [-0.1, -0.05) is 35.1 Å². The van der Waals surface area contributed by atoms with E-state index >= 15 is 0 Å². The molecule has 4 aromatic rings. The first-order chi connectivity index (χ1) is 13.9. The summed E-state index contributed by atoms with van der Waals surface area (Å²) >= 11 is 12.8. The first-order valence-electron chi connectivity index (χ1n) is 8.59. The molecule has 29 heavy (non-hydrogen) atoms. The summed E-state index contributed by atoms with van der Waals surface area (Å²) in [4.78, 5) is 13.1. The molecule has 4 rings (SSSR count). The Kier molecular flexibility index (Phi) is 5.27. The van der Waals surface area contributed by atoms with Crippen molar-refractivity contribution in [3.63, 3.8) is 0 Å². The zero-order valence-electron chi connectivity index (χ0n) is 15.4. The minimum absolute atomic E-state index is 0.195. The molecule has 0 spiro atoms. The van der Waals surface area contributed by atoms with Crippen molar-refractivity contribution in [1.82, 2.24) is 25.1 Å². The molecule has 0 aliphatic carbocycles. The number of aryl methyl sites for hydroxylation is 2. The van der Waals surface area contributed by atoms with Gasteiger partial charge in [0, 0.05) is 11.3 Å². The third-order valence-corrected chi connectivity index (χ3v) is 5.70. The van der Waals surface area contributed by atoms with Crippen molar-refractivity contribution >= 4 is 56.8 Å². The van der Waals surface area contributed by atoms with Crippen LogP contribution in [0.4, 0.5) is 5.69 Å². The summed E-state index contributed by atoms with van der Waals surface area (Å²) in [6.45, 7) is 3.81. The smallest absolute Gasteiger partial charge is 0.258 e. The Labute approximate surface area is 180 Å². The van der Waals surface area contributed by atoms with Crippen molar-refractivity contribution in [1.29, 1.82) is 0 Å². The molecule has 7 nitrogen and oxygen atoms in total. The van der Waals surface area contributed by atoms with Crippen LogP contribution in [0.15, 0.2) is 42.5 Å². The SMILES string of the molecule is Cc1cc(-c2nn3c(C)nnc3s2)ccc1NC(=S)NC(=O)c1ccccc1Cl. The lowest BCUT2D eigenvalue weighted by Crippen LogP contribution is -2.34. The fourth-order valence-electron chi connectivity index (χ4n) is 2.74. The molecule has 0 aliphatic heterocycles. The topological polar surface area (TPSA) is 84.2 Å². The number of thiocarbonyl (C=S) groups is 1. The lowest BCUT2D eigenvalue weighted by Gasteiger charge is -2.13. The molecule has 2 aromatic carbocycles. The van der Waals surface area contributed by atoms with Gasteiger partial charge in [-0.2, -0.15) is 9.61 Å². The molecule has 10 heteroatoms. The zero-order chi connectivity index (χ0) is 20.5. The molecule has 0 atom stereocenters. The maximum atomic E-state index is 12.3. The molecule has 0 saturated heterocycles. The van der Waals surface area contributed by atoms with Crippen LogP contribution in [0.2, 0.25) is 5.02 Å². The Bertz CT molecular complexity index is 1250. The van der Waals surface area contributed by atoms with Crippen LogP contribution in [0.5, 0.6) is 0 Å². The highest BCUT2D eigenvalue weighted by atomic mass is 35.5. The average molecular weight is 443 g/mol. The zero-order valence-corrected chi connectivity index (χ0v) is 17.8. The van der Waals surface area contributed by atoms with Crippen LogP contribution in [0.3, 0.4) is 0 Å². The summed E-state index contributed by atoms with van der Waals surface area (Å²) in [7, 11) is 0. The molecule has 146 valence electrons. The van der Waals surface area contributed by atoms with Crippen molar-refractivity contribution < 1.29 is 4.79 Å². The van der Waals surface area contributed by atoms with Gasteiger partial charge in [0.2, 0.25) is 4.96 Å². The maximum absolute atomic E-state index is 12.3. The highest BCUT2D eigenvalue weighted by molar-refractivity contribution is 7.80. The monoisotopic (exact) mass is 442 g/mol. The van der Waals surface area contributed by atoms with E-state index < -0.39 is 0 Å². The normalized spacial score (nSPS) is 10.9. The van der Waals surface area contributed by atoms with E-state index in [-0.39, 0.29) is 11.0 Å². The van der Waals surface area contributed by atoms with Crippen LogP contribution < -0.4 is 10.6 Å². The lowest BCUT2D eigenvalue weighted by atomic mass is 10.1. The van der Waals surface area contributed by atoms with Gasteiger partial charge in [0.25, 0.3) is 5.91 Å². The molecule has 0 aliphatic rings. The molecule has 0 radical (unpaired) electrons. The number of carbonyl (C=O) groups is 1. The van der Waals surface area contributed by atoms with Crippen LogP contribution in [-0.4, -0.2) is 30.8 Å². The predicted octanol–water partition coefficient (Wildman–Crippen LogP) is 4.25. The second-order valence-electron chi connectivity index (χ2n) is 6.27. The van der Waals surface area contributed by atoms with Gasteiger partial charge < -0.3 is 5.32 Å². The largest absolute Gasteiger partial charge is 0.332 e. The van der Waals surface area contributed by atoms with Crippen molar-refractivity contribution in [3.05, 3.63) is 64.4 Å². The number of rotatable bonds is 3. The van der Waals surface area contributed by atoms with Gasteiger partial charge in [-0.3, -0.25) is 10.1 Å². The molecule has 1 amide bonds. The van der Waals surface area contributed by atoms with Gasteiger partial charge >= 0.3 is 0 Å². The van der Waals surface area contributed by atoms with E-state index in [0.29, 0.717) is 10.6 Å². The maximum Gasteiger partial charge on any atom is 0.258 e. The van der Waals surface area contributed by atoms with Gasteiger partial charge in [0.1, 0.15) is 5.01 Å².